The largest absolute Gasteiger partial charge is 0.463 e. The zero-order chi connectivity index (χ0) is 58.2. The van der Waals surface area contributed by atoms with E-state index < -0.39 is 28.9 Å². The lowest BCUT2D eigenvalue weighted by Crippen LogP contribution is -2.45. The Labute approximate surface area is 454 Å². The summed E-state index contributed by atoms with van der Waals surface area (Å²) in [6.07, 6.45) is 3.77. The standard InChI is InChI=1S/C29H31FN4O6.C19H34N4O6.C7H8.CH4O/c1-4-15(2)18-7-24-28-19(9-34(24)29(38)20(18)10-40-14-36)27-22(32-25(37)11-39-13-31-12-35)6-5-17-16(3)21(30)8-23(33-28)26(17)27;1-6-20-15(26)10-22-17(28)12-23-16(27)11-21-14(25)9-19(4,5)29-8-7-18(2,3)13-24;1-7-5-3-2-4-6-7;1-2/h7-8,12,14-15,22H,4-6,9-11,13H2,1-3H3,(H,31,35)(H,32,37);13H,6-12H2,1-5H3,(H,20,26)(H,21,25)(H,22,28)(H,23,27);2-6H,1H3;2H,1H3. The normalized spacial score (nSPS) is 13.2. The first kappa shape index (κ1) is 64.9. The predicted molar refractivity (Wildman–Crippen MR) is 290 cm³/mol. The van der Waals surface area contributed by atoms with Gasteiger partial charge in [-0.25, -0.2) is 9.37 Å². The van der Waals surface area contributed by atoms with Crippen molar-refractivity contribution in [3.8, 4) is 11.4 Å². The number of carbonyl (C=O) groups excluding carboxylic acids is 8. The van der Waals surface area contributed by atoms with Gasteiger partial charge in [0.2, 0.25) is 35.9 Å². The number of aliphatic hydroxyl groups is 1. The average Bonchev–Trinajstić information content (AvgIpc) is 3.85. The van der Waals surface area contributed by atoms with E-state index in [9.17, 15) is 43.2 Å². The van der Waals surface area contributed by atoms with E-state index in [1.807, 2.05) is 52.0 Å². The molecule has 0 bridgehead atoms. The Bertz CT molecular complexity index is 2780. The fourth-order valence-electron chi connectivity index (χ4n) is 8.51. The highest BCUT2D eigenvalue weighted by molar-refractivity contribution is 5.94. The van der Waals surface area contributed by atoms with Gasteiger partial charge in [0.05, 0.1) is 66.7 Å². The number of likely N-dealkylation sites (N-methyl/N-ethyl adjacent to an activating group) is 1. The van der Waals surface area contributed by atoms with Crippen molar-refractivity contribution in [3.05, 3.63) is 97.6 Å². The summed E-state index contributed by atoms with van der Waals surface area (Å²) < 4.78 is 32.5. The molecule has 22 heteroatoms. The molecule has 7 N–H and O–H groups in total. The van der Waals surface area contributed by atoms with Crippen molar-refractivity contribution in [1.82, 2.24) is 41.5 Å². The average molecular weight is 1090 g/mol. The van der Waals surface area contributed by atoms with Gasteiger partial charge in [-0.1, -0.05) is 63.6 Å². The Balaban J connectivity index is 0.000000368. The van der Waals surface area contributed by atoms with Crippen LogP contribution in [0, 0.1) is 25.1 Å². The Hall–Kier alpha value is -7.43. The molecule has 0 saturated heterocycles. The lowest BCUT2D eigenvalue weighted by molar-refractivity contribution is -0.131. The maximum Gasteiger partial charge on any atom is 0.293 e. The van der Waals surface area contributed by atoms with E-state index in [0.717, 1.165) is 47.5 Å². The van der Waals surface area contributed by atoms with E-state index in [1.54, 1.807) is 32.3 Å². The molecule has 21 nitrogen and oxygen atoms in total. The number of nitrogens with one attached hydrogen (secondary N) is 6. The van der Waals surface area contributed by atoms with Gasteiger partial charge in [-0.2, -0.15) is 0 Å². The number of carbonyl (C=O) groups is 8. The highest BCUT2D eigenvalue weighted by Gasteiger charge is 2.35. The smallest absolute Gasteiger partial charge is 0.293 e. The molecule has 6 rings (SSSR count). The molecule has 2 aromatic heterocycles. The molecule has 2 aromatic carbocycles. The summed E-state index contributed by atoms with van der Waals surface area (Å²) in [4.78, 5) is 110. The molecule has 2 unspecified atom stereocenters. The second kappa shape index (κ2) is 31.7. The van der Waals surface area contributed by atoms with Crippen molar-refractivity contribution in [1.29, 1.82) is 0 Å². The first-order valence-electron chi connectivity index (χ1n) is 25.7. The van der Waals surface area contributed by atoms with Gasteiger partial charge in [0.25, 0.3) is 12.0 Å². The maximum atomic E-state index is 15.0. The number of aldehydes is 1. The summed E-state index contributed by atoms with van der Waals surface area (Å²) in [6.45, 7) is 16.8. The minimum Gasteiger partial charge on any atom is -0.463 e. The van der Waals surface area contributed by atoms with Gasteiger partial charge in [-0.15, -0.1) is 0 Å². The van der Waals surface area contributed by atoms with Crippen molar-refractivity contribution >= 4 is 59.6 Å². The molecule has 4 aromatic rings. The zero-order valence-electron chi connectivity index (χ0n) is 46.4. The van der Waals surface area contributed by atoms with Crippen molar-refractivity contribution in [3.63, 3.8) is 0 Å². The lowest BCUT2D eigenvalue weighted by atomic mass is 9.81. The summed E-state index contributed by atoms with van der Waals surface area (Å²) in [6, 6.07) is 13.2. The van der Waals surface area contributed by atoms with Crippen LogP contribution in [0.5, 0.6) is 0 Å². The molecular weight excluding hydrogens is 1010 g/mol. The van der Waals surface area contributed by atoms with E-state index >= 15 is 4.39 Å². The summed E-state index contributed by atoms with van der Waals surface area (Å²) in [5, 5.41) is 22.9. The zero-order valence-corrected chi connectivity index (χ0v) is 46.4. The number of pyridine rings is 2. The number of aliphatic hydroxyl groups excluding tert-OH is 1. The van der Waals surface area contributed by atoms with Crippen LogP contribution in [0.15, 0.2) is 47.3 Å². The number of aromatic nitrogens is 2. The van der Waals surface area contributed by atoms with Crippen molar-refractivity contribution in [2.45, 2.75) is 125 Å². The van der Waals surface area contributed by atoms with Crippen molar-refractivity contribution < 1.29 is 62.1 Å². The van der Waals surface area contributed by atoms with E-state index in [-0.39, 0.29) is 87.6 Å². The molecule has 0 radical (unpaired) electrons. The molecule has 2 atom stereocenters. The fraction of sp³-hybridized carbons (Fsp3) is 0.500. The molecule has 0 saturated carbocycles. The quantitative estimate of drug-likeness (QED) is 0.0249. The highest BCUT2D eigenvalue weighted by Crippen LogP contribution is 2.45. The lowest BCUT2D eigenvalue weighted by Gasteiger charge is -2.29. The molecule has 426 valence electrons. The van der Waals surface area contributed by atoms with Crippen LogP contribution in [0.3, 0.4) is 0 Å². The van der Waals surface area contributed by atoms with Gasteiger partial charge in [0.15, 0.2) is 0 Å². The molecule has 2 aliphatic rings. The topological polar surface area (TPSA) is 292 Å². The number of amides is 6. The van der Waals surface area contributed by atoms with Crippen LogP contribution in [0.2, 0.25) is 0 Å². The maximum absolute atomic E-state index is 15.0. The summed E-state index contributed by atoms with van der Waals surface area (Å²) in [7, 11) is 1.00. The van der Waals surface area contributed by atoms with Crippen LogP contribution in [0.25, 0.3) is 22.3 Å². The predicted octanol–water partition coefficient (Wildman–Crippen LogP) is 3.76. The van der Waals surface area contributed by atoms with Crippen LogP contribution in [-0.4, -0.2) is 122 Å². The van der Waals surface area contributed by atoms with Crippen LogP contribution in [0.4, 0.5) is 4.39 Å². The number of nitrogens with zero attached hydrogens (tertiary/aromatic N) is 2. The third-order valence-electron chi connectivity index (χ3n) is 12.8. The monoisotopic (exact) mass is 1090 g/mol. The fourth-order valence-corrected chi connectivity index (χ4v) is 8.51. The summed E-state index contributed by atoms with van der Waals surface area (Å²) in [5.74, 6) is -2.42. The third-order valence-corrected chi connectivity index (χ3v) is 12.8. The van der Waals surface area contributed by atoms with Gasteiger partial charge in [-0.05, 0) is 94.5 Å². The van der Waals surface area contributed by atoms with Gasteiger partial charge >= 0.3 is 0 Å². The minimum absolute atomic E-state index is 0.0270. The van der Waals surface area contributed by atoms with Gasteiger partial charge < -0.3 is 60.6 Å². The molecule has 78 heavy (non-hydrogen) atoms. The SMILES string of the molecule is CCC(C)c1cc2n(c(=O)c1COC=O)Cc1c-2nc2cc(F)c(C)c3c2c1C(NC(=O)COCNC=O)CC3.CCNC(=O)CNC(=O)CNC(=O)CNC(=O)CC(C)(C)OCCC(C)(C)C=O.CO.Cc1ccccc1. The first-order chi connectivity index (χ1) is 37.1. The van der Waals surface area contributed by atoms with Gasteiger partial charge in [-0.3, -0.25) is 38.4 Å². The van der Waals surface area contributed by atoms with Crippen LogP contribution in [0.1, 0.15) is 125 Å². The molecule has 0 spiro atoms. The number of rotatable bonds is 25. The molecular formula is C56H77FN8O13. The second-order valence-corrected chi connectivity index (χ2v) is 19.8. The van der Waals surface area contributed by atoms with E-state index in [2.05, 4.69) is 51.0 Å². The number of fused-ring (bicyclic) bond motifs is 4. The number of halogens is 1. The number of aryl methyl sites for hydroxylation is 2. The Morgan fingerprint density at radius 2 is 1.51 bits per heavy atom. The van der Waals surface area contributed by atoms with Gasteiger partial charge in [0, 0.05) is 42.7 Å². The first-order valence-corrected chi connectivity index (χ1v) is 25.7. The van der Waals surface area contributed by atoms with E-state index in [0.29, 0.717) is 73.3 Å². The number of hydrogen-bond donors (Lipinski definition) is 7. The van der Waals surface area contributed by atoms with Crippen molar-refractivity contribution in [2.24, 2.45) is 5.41 Å². The van der Waals surface area contributed by atoms with Crippen LogP contribution < -0.4 is 37.5 Å². The second-order valence-electron chi connectivity index (χ2n) is 19.8. The van der Waals surface area contributed by atoms with Crippen LogP contribution in [-0.2, 0) is 72.1 Å². The minimum atomic E-state index is -0.752. The summed E-state index contributed by atoms with van der Waals surface area (Å²) in [5.41, 5.74) is 5.70. The van der Waals surface area contributed by atoms with E-state index in [1.165, 1.54) is 11.6 Å². The number of ether oxygens (including phenoxy) is 3. The van der Waals surface area contributed by atoms with E-state index in [4.69, 9.17) is 24.3 Å². The molecule has 1 aliphatic carbocycles. The van der Waals surface area contributed by atoms with Crippen molar-refractivity contribution in [2.75, 3.05) is 53.2 Å². The third kappa shape index (κ3) is 19.2. The molecule has 6 amide bonds. The Morgan fingerprint density at radius 1 is 0.885 bits per heavy atom. The molecule has 0 fully saturated rings. The number of benzene rings is 2. The highest BCUT2D eigenvalue weighted by atomic mass is 19.1. The Kier molecular flexibility index (Phi) is 26.4. The van der Waals surface area contributed by atoms with Crippen LogP contribution >= 0.6 is 0 Å². The summed E-state index contributed by atoms with van der Waals surface area (Å²) >= 11 is 0. The number of hydrogen-bond acceptors (Lipinski definition) is 14. The van der Waals surface area contributed by atoms with Gasteiger partial charge in [0.1, 0.15) is 32.0 Å². The Morgan fingerprint density at radius 3 is 2.08 bits per heavy atom. The molecule has 1 aliphatic heterocycles. The molecule has 3 heterocycles.